The molecule has 0 aromatic heterocycles. The van der Waals surface area contributed by atoms with Gasteiger partial charge in [0.2, 0.25) is 5.91 Å². The van der Waals surface area contributed by atoms with E-state index in [0.717, 1.165) is 5.56 Å². The molecule has 0 saturated carbocycles. The lowest BCUT2D eigenvalue weighted by Gasteiger charge is -2.36. The van der Waals surface area contributed by atoms with Crippen molar-refractivity contribution < 1.29 is 18.7 Å². The molecule has 0 spiro atoms. The van der Waals surface area contributed by atoms with Crippen LogP contribution < -0.4 is 4.74 Å². The van der Waals surface area contributed by atoms with Crippen molar-refractivity contribution in [3.8, 4) is 5.75 Å². The molecule has 1 unspecified atom stereocenters. The van der Waals surface area contributed by atoms with Crippen LogP contribution in [0.25, 0.3) is 0 Å². The SMILES string of the molecule is CC(Cc1ccc(F)cc1)C(=O)N1CCN(C(=O)COc2ccccc2)CC1. The Morgan fingerprint density at radius 1 is 0.964 bits per heavy atom. The van der Waals surface area contributed by atoms with Gasteiger partial charge in [0.15, 0.2) is 6.61 Å². The van der Waals surface area contributed by atoms with E-state index in [0.29, 0.717) is 38.3 Å². The molecule has 148 valence electrons. The number of nitrogens with zero attached hydrogens (tertiary/aromatic N) is 2. The molecule has 2 aromatic carbocycles. The fraction of sp³-hybridized carbons (Fsp3) is 0.364. The molecule has 0 bridgehead atoms. The number of halogens is 1. The molecule has 28 heavy (non-hydrogen) atoms. The highest BCUT2D eigenvalue weighted by molar-refractivity contribution is 5.80. The van der Waals surface area contributed by atoms with E-state index in [1.807, 2.05) is 37.3 Å². The predicted molar refractivity (Wildman–Crippen MR) is 104 cm³/mol. The Morgan fingerprint density at radius 2 is 1.57 bits per heavy atom. The molecular weight excluding hydrogens is 359 g/mol. The van der Waals surface area contributed by atoms with Crippen LogP contribution in [0.5, 0.6) is 5.75 Å². The lowest BCUT2D eigenvalue weighted by molar-refractivity contribution is -0.142. The summed E-state index contributed by atoms with van der Waals surface area (Å²) < 4.78 is 18.5. The quantitative estimate of drug-likeness (QED) is 0.770. The summed E-state index contributed by atoms with van der Waals surface area (Å²) in [6.07, 6.45) is 0.573. The molecule has 6 heteroatoms. The molecule has 0 radical (unpaired) electrons. The second-order valence-electron chi connectivity index (χ2n) is 7.04. The van der Waals surface area contributed by atoms with Crippen LogP contribution in [0, 0.1) is 11.7 Å². The number of carbonyl (C=O) groups excluding carboxylic acids is 2. The van der Waals surface area contributed by atoms with Crippen molar-refractivity contribution in [2.24, 2.45) is 5.92 Å². The van der Waals surface area contributed by atoms with E-state index >= 15 is 0 Å². The van der Waals surface area contributed by atoms with E-state index in [2.05, 4.69) is 0 Å². The summed E-state index contributed by atoms with van der Waals surface area (Å²) in [5.74, 6) is 0.195. The maximum atomic E-state index is 13.0. The second-order valence-corrected chi connectivity index (χ2v) is 7.04. The number of rotatable bonds is 6. The maximum absolute atomic E-state index is 13.0. The normalized spacial score (nSPS) is 15.2. The highest BCUT2D eigenvalue weighted by Crippen LogP contribution is 2.14. The zero-order valence-corrected chi connectivity index (χ0v) is 16.0. The van der Waals surface area contributed by atoms with Crippen LogP contribution in [0.1, 0.15) is 12.5 Å². The molecular formula is C22H25FN2O3. The van der Waals surface area contributed by atoms with E-state index in [9.17, 15) is 14.0 Å². The first-order chi connectivity index (χ1) is 13.5. The summed E-state index contributed by atoms with van der Waals surface area (Å²) in [4.78, 5) is 28.5. The van der Waals surface area contributed by atoms with Gasteiger partial charge >= 0.3 is 0 Å². The smallest absolute Gasteiger partial charge is 0.260 e. The molecule has 1 atom stereocenters. The summed E-state index contributed by atoms with van der Waals surface area (Å²) in [5.41, 5.74) is 0.939. The van der Waals surface area contributed by atoms with Crippen LogP contribution in [0.3, 0.4) is 0 Å². The summed E-state index contributed by atoms with van der Waals surface area (Å²) in [5, 5.41) is 0. The minimum atomic E-state index is -0.278. The van der Waals surface area contributed by atoms with Crippen molar-refractivity contribution in [3.63, 3.8) is 0 Å². The van der Waals surface area contributed by atoms with Crippen LogP contribution >= 0.6 is 0 Å². The fourth-order valence-corrected chi connectivity index (χ4v) is 3.30. The third-order valence-electron chi connectivity index (χ3n) is 4.93. The molecule has 0 N–H and O–H groups in total. The van der Waals surface area contributed by atoms with Crippen molar-refractivity contribution in [2.45, 2.75) is 13.3 Å². The molecule has 0 aliphatic carbocycles. The van der Waals surface area contributed by atoms with Gasteiger partial charge in [0, 0.05) is 32.1 Å². The minimum Gasteiger partial charge on any atom is -0.484 e. The maximum Gasteiger partial charge on any atom is 0.260 e. The van der Waals surface area contributed by atoms with Crippen molar-refractivity contribution in [3.05, 3.63) is 66.0 Å². The van der Waals surface area contributed by atoms with Crippen LogP contribution in [0.4, 0.5) is 4.39 Å². The van der Waals surface area contributed by atoms with Crippen LogP contribution in [-0.2, 0) is 16.0 Å². The lowest BCUT2D eigenvalue weighted by atomic mass is 9.99. The van der Waals surface area contributed by atoms with E-state index in [4.69, 9.17) is 4.74 Å². The molecule has 1 saturated heterocycles. The zero-order chi connectivity index (χ0) is 19.9. The Morgan fingerprint density at radius 3 is 2.21 bits per heavy atom. The first-order valence-corrected chi connectivity index (χ1v) is 9.52. The predicted octanol–water partition coefficient (Wildman–Crippen LogP) is 2.75. The molecule has 1 aliphatic heterocycles. The summed E-state index contributed by atoms with van der Waals surface area (Å²) >= 11 is 0. The summed E-state index contributed by atoms with van der Waals surface area (Å²) in [7, 11) is 0. The monoisotopic (exact) mass is 384 g/mol. The van der Waals surface area contributed by atoms with Crippen molar-refractivity contribution in [1.82, 2.24) is 9.80 Å². The van der Waals surface area contributed by atoms with Crippen LogP contribution in [0.15, 0.2) is 54.6 Å². The van der Waals surface area contributed by atoms with Gasteiger partial charge in [-0.15, -0.1) is 0 Å². The van der Waals surface area contributed by atoms with Gasteiger partial charge in [-0.2, -0.15) is 0 Å². The number of amides is 2. The summed E-state index contributed by atoms with van der Waals surface area (Å²) in [6.45, 7) is 3.93. The molecule has 1 fully saturated rings. The number of hydrogen-bond acceptors (Lipinski definition) is 3. The largest absolute Gasteiger partial charge is 0.484 e. The van der Waals surface area contributed by atoms with Crippen molar-refractivity contribution in [2.75, 3.05) is 32.8 Å². The third-order valence-corrected chi connectivity index (χ3v) is 4.93. The number of carbonyl (C=O) groups is 2. The topological polar surface area (TPSA) is 49.9 Å². The number of ether oxygens (including phenoxy) is 1. The number of para-hydroxylation sites is 1. The molecule has 1 aliphatic rings. The van der Waals surface area contributed by atoms with E-state index < -0.39 is 0 Å². The van der Waals surface area contributed by atoms with E-state index in [1.165, 1.54) is 12.1 Å². The number of piperazine rings is 1. The van der Waals surface area contributed by atoms with E-state index in [1.54, 1.807) is 21.9 Å². The molecule has 2 aromatic rings. The molecule has 2 amide bonds. The summed E-state index contributed by atoms with van der Waals surface area (Å²) in [6, 6.07) is 15.5. The van der Waals surface area contributed by atoms with Crippen LogP contribution in [-0.4, -0.2) is 54.4 Å². The Kier molecular flexibility index (Phi) is 6.63. The number of benzene rings is 2. The van der Waals surface area contributed by atoms with Gasteiger partial charge in [0.1, 0.15) is 11.6 Å². The average Bonchev–Trinajstić information content (AvgIpc) is 2.74. The number of hydrogen-bond donors (Lipinski definition) is 0. The van der Waals surface area contributed by atoms with Gasteiger partial charge < -0.3 is 14.5 Å². The van der Waals surface area contributed by atoms with Crippen LogP contribution in [0.2, 0.25) is 0 Å². The Bertz CT molecular complexity index is 787. The van der Waals surface area contributed by atoms with Gasteiger partial charge in [-0.05, 0) is 36.2 Å². The second kappa shape index (κ2) is 9.35. The third kappa shape index (κ3) is 5.31. The minimum absolute atomic E-state index is 0.00106. The first-order valence-electron chi connectivity index (χ1n) is 9.52. The van der Waals surface area contributed by atoms with E-state index in [-0.39, 0.29) is 30.2 Å². The molecule has 3 rings (SSSR count). The average molecular weight is 384 g/mol. The van der Waals surface area contributed by atoms with Gasteiger partial charge in [0.25, 0.3) is 5.91 Å². The standard InChI is InChI=1S/C22H25FN2O3/c1-17(15-18-7-9-19(23)10-8-18)22(27)25-13-11-24(12-14-25)21(26)16-28-20-5-3-2-4-6-20/h2-10,17H,11-16H2,1H3. The Labute approximate surface area is 164 Å². The first kappa shape index (κ1) is 19.9. The highest BCUT2D eigenvalue weighted by atomic mass is 19.1. The van der Waals surface area contributed by atoms with Gasteiger partial charge in [-0.25, -0.2) is 4.39 Å². The van der Waals surface area contributed by atoms with Crippen molar-refractivity contribution in [1.29, 1.82) is 0 Å². The Hall–Kier alpha value is -2.89. The Balaban J connectivity index is 1.44. The van der Waals surface area contributed by atoms with Gasteiger partial charge in [-0.3, -0.25) is 9.59 Å². The highest BCUT2D eigenvalue weighted by Gasteiger charge is 2.27. The lowest BCUT2D eigenvalue weighted by Crippen LogP contribution is -2.52. The van der Waals surface area contributed by atoms with Gasteiger partial charge in [0.05, 0.1) is 0 Å². The zero-order valence-electron chi connectivity index (χ0n) is 16.0. The molecule has 5 nitrogen and oxygen atoms in total. The fourth-order valence-electron chi connectivity index (χ4n) is 3.30. The molecule has 1 heterocycles. The van der Waals surface area contributed by atoms with Gasteiger partial charge in [-0.1, -0.05) is 37.3 Å². The van der Waals surface area contributed by atoms with Crippen molar-refractivity contribution >= 4 is 11.8 Å².